The van der Waals surface area contributed by atoms with E-state index in [1.54, 1.807) is 4.90 Å². The van der Waals surface area contributed by atoms with Gasteiger partial charge in [0.2, 0.25) is 5.91 Å². The Morgan fingerprint density at radius 2 is 2.06 bits per heavy atom. The van der Waals surface area contributed by atoms with Crippen molar-refractivity contribution in [1.29, 1.82) is 0 Å². The van der Waals surface area contributed by atoms with Crippen LogP contribution in [0.25, 0.3) is 0 Å². The van der Waals surface area contributed by atoms with Gasteiger partial charge in [-0.25, -0.2) is 0 Å². The van der Waals surface area contributed by atoms with Gasteiger partial charge in [0.25, 0.3) is 0 Å². The van der Waals surface area contributed by atoms with Gasteiger partial charge in [-0.15, -0.1) is 0 Å². The maximum absolute atomic E-state index is 11.7. The van der Waals surface area contributed by atoms with Gasteiger partial charge < -0.3 is 9.64 Å². The largest absolute Gasteiger partial charge is 0.371 e. The SMILES string of the molecule is CCCC(C)COCC(=O)N1CCC(=O)CC1. The van der Waals surface area contributed by atoms with Crippen molar-refractivity contribution >= 4 is 11.7 Å². The number of piperidine rings is 1. The Bertz CT molecular complexity index is 255. The summed E-state index contributed by atoms with van der Waals surface area (Å²) in [7, 11) is 0. The van der Waals surface area contributed by atoms with Gasteiger partial charge in [0.1, 0.15) is 12.4 Å². The standard InChI is InChI=1S/C13H23NO3/c1-3-4-11(2)9-17-10-13(16)14-7-5-12(15)6-8-14/h11H,3-10H2,1-2H3. The Balaban J connectivity index is 2.14. The van der Waals surface area contributed by atoms with E-state index in [0.717, 1.165) is 12.8 Å². The van der Waals surface area contributed by atoms with Crippen molar-refractivity contribution in [3.63, 3.8) is 0 Å². The summed E-state index contributed by atoms with van der Waals surface area (Å²) in [5, 5.41) is 0. The third-order valence-electron chi connectivity index (χ3n) is 3.08. The Morgan fingerprint density at radius 1 is 1.41 bits per heavy atom. The monoisotopic (exact) mass is 241 g/mol. The molecule has 1 atom stereocenters. The van der Waals surface area contributed by atoms with Crippen LogP contribution in [0.2, 0.25) is 0 Å². The fourth-order valence-electron chi connectivity index (χ4n) is 2.02. The van der Waals surface area contributed by atoms with Crippen molar-refractivity contribution in [2.45, 2.75) is 39.5 Å². The maximum atomic E-state index is 11.7. The number of ether oxygens (including phenoxy) is 1. The van der Waals surface area contributed by atoms with E-state index in [1.807, 2.05) is 0 Å². The molecular weight excluding hydrogens is 218 g/mol. The van der Waals surface area contributed by atoms with Crippen molar-refractivity contribution in [1.82, 2.24) is 4.90 Å². The van der Waals surface area contributed by atoms with E-state index >= 15 is 0 Å². The second kappa shape index (κ2) is 7.43. The topological polar surface area (TPSA) is 46.6 Å². The van der Waals surface area contributed by atoms with Crippen molar-refractivity contribution < 1.29 is 14.3 Å². The van der Waals surface area contributed by atoms with E-state index in [0.29, 0.717) is 38.5 Å². The number of hydrogen-bond donors (Lipinski definition) is 0. The minimum absolute atomic E-state index is 0.0150. The summed E-state index contributed by atoms with van der Waals surface area (Å²) in [5.74, 6) is 0.781. The predicted octanol–water partition coefficient (Wildman–Crippen LogP) is 1.63. The third-order valence-corrected chi connectivity index (χ3v) is 3.08. The summed E-state index contributed by atoms with van der Waals surface area (Å²) in [5.41, 5.74) is 0. The molecule has 0 aromatic rings. The molecule has 0 bridgehead atoms. The Labute approximate surface area is 103 Å². The Hall–Kier alpha value is -0.900. The molecule has 0 aromatic carbocycles. The number of amides is 1. The molecule has 0 radical (unpaired) electrons. The number of carbonyl (C=O) groups excluding carboxylic acids is 2. The second-order valence-corrected chi connectivity index (χ2v) is 4.83. The lowest BCUT2D eigenvalue weighted by atomic mass is 10.1. The molecule has 1 heterocycles. The average molecular weight is 241 g/mol. The highest BCUT2D eigenvalue weighted by molar-refractivity contribution is 5.83. The molecule has 0 spiro atoms. The first-order valence-electron chi connectivity index (χ1n) is 6.50. The number of carbonyl (C=O) groups is 2. The second-order valence-electron chi connectivity index (χ2n) is 4.83. The molecule has 98 valence electrons. The van der Waals surface area contributed by atoms with Crippen LogP contribution < -0.4 is 0 Å². The van der Waals surface area contributed by atoms with Crippen LogP contribution in [0.4, 0.5) is 0 Å². The number of hydrogen-bond acceptors (Lipinski definition) is 3. The van der Waals surface area contributed by atoms with Crippen LogP contribution in [0.5, 0.6) is 0 Å². The third kappa shape index (κ3) is 5.31. The van der Waals surface area contributed by atoms with Crippen molar-refractivity contribution in [3.05, 3.63) is 0 Å². The number of ketones is 1. The van der Waals surface area contributed by atoms with E-state index in [-0.39, 0.29) is 18.3 Å². The lowest BCUT2D eigenvalue weighted by Gasteiger charge is -2.26. The van der Waals surface area contributed by atoms with Crippen LogP contribution in [-0.4, -0.2) is 42.9 Å². The van der Waals surface area contributed by atoms with Crippen LogP contribution in [0.15, 0.2) is 0 Å². The Morgan fingerprint density at radius 3 is 2.65 bits per heavy atom. The summed E-state index contributed by atoms with van der Waals surface area (Å²) in [6, 6.07) is 0. The summed E-state index contributed by atoms with van der Waals surface area (Å²) >= 11 is 0. The highest BCUT2D eigenvalue weighted by atomic mass is 16.5. The van der Waals surface area contributed by atoms with E-state index in [4.69, 9.17) is 4.74 Å². The number of nitrogens with zero attached hydrogens (tertiary/aromatic N) is 1. The fourth-order valence-corrected chi connectivity index (χ4v) is 2.02. The molecule has 4 nitrogen and oxygen atoms in total. The van der Waals surface area contributed by atoms with Crippen molar-refractivity contribution in [2.75, 3.05) is 26.3 Å². The van der Waals surface area contributed by atoms with Crippen LogP contribution in [-0.2, 0) is 14.3 Å². The molecule has 1 fully saturated rings. The average Bonchev–Trinajstić information content (AvgIpc) is 2.30. The number of likely N-dealkylation sites (tertiary alicyclic amines) is 1. The zero-order valence-corrected chi connectivity index (χ0v) is 10.9. The van der Waals surface area contributed by atoms with E-state index in [1.165, 1.54) is 0 Å². The first kappa shape index (κ1) is 14.2. The molecule has 17 heavy (non-hydrogen) atoms. The van der Waals surface area contributed by atoms with E-state index in [9.17, 15) is 9.59 Å². The summed E-state index contributed by atoms with van der Waals surface area (Å²) < 4.78 is 5.41. The first-order chi connectivity index (χ1) is 8.13. The van der Waals surface area contributed by atoms with Crippen molar-refractivity contribution in [3.8, 4) is 0 Å². The summed E-state index contributed by atoms with van der Waals surface area (Å²) in [6.45, 7) is 6.20. The van der Waals surface area contributed by atoms with Crippen LogP contribution >= 0.6 is 0 Å². The minimum atomic E-state index is 0.0150. The first-order valence-corrected chi connectivity index (χ1v) is 6.50. The maximum Gasteiger partial charge on any atom is 0.248 e. The molecule has 0 N–H and O–H groups in total. The van der Waals surface area contributed by atoms with Gasteiger partial charge in [-0.2, -0.15) is 0 Å². The molecule has 4 heteroatoms. The highest BCUT2D eigenvalue weighted by Gasteiger charge is 2.20. The molecule has 1 aliphatic rings. The predicted molar refractivity (Wildman–Crippen MR) is 65.7 cm³/mol. The minimum Gasteiger partial charge on any atom is -0.371 e. The summed E-state index contributed by atoms with van der Waals surface area (Å²) in [4.78, 5) is 24.5. The molecule has 1 aliphatic heterocycles. The zero-order valence-electron chi connectivity index (χ0n) is 10.9. The fraction of sp³-hybridized carbons (Fsp3) is 0.846. The molecule has 0 saturated carbocycles. The van der Waals surface area contributed by atoms with Gasteiger partial charge in [0.15, 0.2) is 0 Å². The highest BCUT2D eigenvalue weighted by Crippen LogP contribution is 2.07. The number of rotatable bonds is 6. The van der Waals surface area contributed by atoms with Gasteiger partial charge in [0, 0.05) is 32.5 Å². The van der Waals surface area contributed by atoms with Gasteiger partial charge in [0.05, 0.1) is 0 Å². The molecule has 1 unspecified atom stereocenters. The van der Waals surface area contributed by atoms with E-state index < -0.39 is 0 Å². The zero-order chi connectivity index (χ0) is 12.7. The van der Waals surface area contributed by atoms with E-state index in [2.05, 4.69) is 13.8 Å². The quantitative estimate of drug-likeness (QED) is 0.710. The molecule has 1 saturated heterocycles. The summed E-state index contributed by atoms with van der Waals surface area (Å²) in [6.07, 6.45) is 3.27. The van der Waals surface area contributed by atoms with Gasteiger partial charge in [-0.1, -0.05) is 20.3 Å². The lowest BCUT2D eigenvalue weighted by Crippen LogP contribution is -2.40. The molecular formula is C13H23NO3. The molecule has 0 aliphatic carbocycles. The molecule has 1 rings (SSSR count). The number of Topliss-reactive ketones (excluding diaryl/α,β-unsaturated/α-hetero) is 1. The van der Waals surface area contributed by atoms with Gasteiger partial charge >= 0.3 is 0 Å². The normalized spacial score (nSPS) is 18.2. The van der Waals surface area contributed by atoms with Crippen molar-refractivity contribution in [2.24, 2.45) is 5.92 Å². The molecule has 0 aromatic heterocycles. The van der Waals surface area contributed by atoms with Crippen LogP contribution in [0, 0.1) is 5.92 Å². The Kier molecular flexibility index (Phi) is 6.19. The van der Waals surface area contributed by atoms with Crippen LogP contribution in [0.3, 0.4) is 0 Å². The molecule has 1 amide bonds. The lowest BCUT2D eigenvalue weighted by molar-refractivity contribution is -0.139. The van der Waals surface area contributed by atoms with Crippen LogP contribution in [0.1, 0.15) is 39.5 Å². The van der Waals surface area contributed by atoms with Gasteiger partial charge in [-0.3, -0.25) is 9.59 Å². The smallest absolute Gasteiger partial charge is 0.248 e. The van der Waals surface area contributed by atoms with Gasteiger partial charge in [-0.05, 0) is 12.3 Å².